The highest BCUT2D eigenvalue weighted by atomic mass is 16.6. The summed E-state index contributed by atoms with van der Waals surface area (Å²) < 4.78 is 15.8. The van der Waals surface area contributed by atoms with Crippen LogP contribution >= 0.6 is 0 Å². The zero-order valence-corrected chi connectivity index (χ0v) is 21.9. The number of anilines is 1. The monoisotopic (exact) mass is 509 g/mol. The summed E-state index contributed by atoms with van der Waals surface area (Å²) in [6.45, 7) is 3.92. The smallest absolute Gasteiger partial charge is 0.411 e. The summed E-state index contributed by atoms with van der Waals surface area (Å²) >= 11 is 0. The van der Waals surface area contributed by atoms with Gasteiger partial charge in [0.1, 0.15) is 17.9 Å². The first-order valence-electron chi connectivity index (χ1n) is 13.2. The Balaban J connectivity index is 1.34. The second-order valence-electron chi connectivity index (χ2n) is 10.5. The Bertz CT molecular complexity index is 1550. The standard InChI is InChI=1S/C30H31N5O3/c1-18-17-32-29(34(18)3)38-24-13-14-25-26(16-31)28(35(27(25)15-24)23-5-4-6-23)21-9-11-22(12-10-21)33-30(36)37-19(2)20-7-8-20/h9-15,17,19-20,23H,4-8H2,1-3H3,(H,33,36). The molecule has 4 aromatic rings. The second kappa shape index (κ2) is 9.56. The van der Waals surface area contributed by atoms with E-state index in [4.69, 9.17) is 9.47 Å². The minimum Gasteiger partial charge on any atom is -0.446 e. The summed E-state index contributed by atoms with van der Waals surface area (Å²) in [6.07, 6.45) is 6.81. The topological polar surface area (TPSA) is 94.1 Å². The number of aryl methyl sites for hydroxylation is 1. The van der Waals surface area contributed by atoms with Gasteiger partial charge in [0.05, 0.1) is 23.0 Å². The van der Waals surface area contributed by atoms with Crippen LogP contribution in [0.2, 0.25) is 0 Å². The molecule has 2 aromatic carbocycles. The van der Waals surface area contributed by atoms with Crippen molar-refractivity contribution < 1.29 is 14.3 Å². The third-order valence-corrected chi connectivity index (χ3v) is 7.90. The molecule has 2 aromatic heterocycles. The fraction of sp³-hybridized carbons (Fsp3) is 0.367. The van der Waals surface area contributed by atoms with E-state index in [0.717, 1.165) is 53.5 Å². The average molecular weight is 510 g/mol. The fourth-order valence-corrected chi connectivity index (χ4v) is 5.14. The number of nitriles is 1. The SMILES string of the molecule is Cc1cnc(Oc2ccc3c(C#N)c(-c4ccc(NC(=O)OC(C)C5CC5)cc4)n(C4CCC4)c3c2)n1C. The first-order chi connectivity index (χ1) is 18.4. The molecular formula is C30H31N5O3. The Morgan fingerprint density at radius 3 is 2.53 bits per heavy atom. The number of hydrogen-bond acceptors (Lipinski definition) is 5. The van der Waals surface area contributed by atoms with Crippen LogP contribution in [0.4, 0.5) is 10.5 Å². The van der Waals surface area contributed by atoms with Crippen LogP contribution in [0.15, 0.2) is 48.7 Å². The third kappa shape index (κ3) is 4.38. The molecule has 1 amide bonds. The maximum absolute atomic E-state index is 12.3. The van der Waals surface area contributed by atoms with Crippen LogP contribution in [0.3, 0.4) is 0 Å². The van der Waals surface area contributed by atoms with Gasteiger partial charge in [0.15, 0.2) is 0 Å². The van der Waals surface area contributed by atoms with Crippen molar-refractivity contribution in [2.45, 2.75) is 58.1 Å². The number of hydrogen-bond donors (Lipinski definition) is 1. The van der Waals surface area contributed by atoms with Crippen LogP contribution in [-0.4, -0.2) is 26.3 Å². The molecule has 6 rings (SSSR count). The number of benzene rings is 2. The number of amides is 1. The molecule has 1 atom stereocenters. The van der Waals surface area contributed by atoms with Crippen molar-refractivity contribution in [1.82, 2.24) is 14.1 Å². The summed E-state index contributed by atoms with van der Waals surface area (Å²) in [5.41, 5.74) is 5.11. The van der Waals surface area contributed by atoms with Crippen molar-refractivity contribution in [1.29, 1.82) is 5.26 Å². The molecule has 0 radical (unpaired) electrons. The lowest BCUT2D eigenvalue weighted by Crippen LogP contribution is -2.21. The van der Waals surface area contributed by atoms with Crippen LogP contribution in [-0.2, 0) is 11.8 Å². The number of carbonyl (C=O) groups is 1. The molecule has 2 aliphatic carbocycles. The normalized spacial score (nSPS) is 16.1. The Kier molecular flexibility index (Phi) is 6.07. The Morgan fingerprint density at radius 1 is 1.16 bits per heavy atom. The largest absolute Gasteiger partial charge is 0.446 e. The van der Waals surface area contributed by atoms with Crippen LogP contribution < -0.4 is 10.1 Å². The molecule has 2 saturated carbocycles. The fourth-order valence-electron chi connectivity index (χ4n) is 5.14. The molecule has 8 heteroatoms. The highest BCUT2D eigenvalue weighted by Gasteiger charge is 2.31. The van der Waals surface area contributed by atoms with Gasteiger partial charge in [-0.15, -0.1) is 0 Å². The summed E-state index contributed by atoms with van der Waals surface area (Å²) in [5.74, 6) is 1.17. The predicted octanol–water partition coefficient (Wildman–Crippen LogP) is 7.09. The number of imidazole rings is 1. The van der Waals surface area contributed by atoms with Gasteiger partial charge in [0.25, 0.3) is 0 Å². The number of carbonyl (C=O) groups excluding carboxylic acids is 1. The van der Waals surface area contributed by atoms with Gasteiger partial charge in [-0.3, -0.25) is 5.32 Å². The molecule has 8 nitrogen and oxygen atoms in total. The van der Waals surface area contributed by atoms with E-state index in [-0.39, 0.29) is 6.10 Å². The minimum atomic E-state index is -0.436. The summed E-state index contributed by atoms with van der Waals surface area (Å²) in [7, 11) is 1.92. The van der Waals surface area contributed by atoms with Gasteiger partial charge in [-0.05, 0) is 81.7 Å². The number of fused-ring (bicyclic) bond motifs is 1. The molecule has 0 aliphatic heterocycles. The minimum absolute atomic E-state index is 0.0686. The Labute approximate surface area is 221 Å². The van der Waals surface area contributed by atoms with E-state index in [1.807, 2.05) is 67.9 Å². The predicted molar refractivity (Wildman–Crippen MR) is 145 cm³/mol. The lowest BCUT2D eigenvalue weighted by molar-refractivity contribution is 0.108. The van der Waals surface area contributed by atoms with Crippen molar-refractivity contribution in [2.24, 2.45) is 13.0 Å². The summed E-state index contributed by atoms with van der Waals surface area (Å²) in [5, 5.41) is 14.0. The second-order valence-corrected chi connectivity index (χ2v) is 10.5. The van der Waals surface area contributed by atoms with Crippen molar-refractivity contribution in [3.63, 3.8) is 0 Å². The quantitative estimate of drug-likeness (QED) is 0.287. The molecular weight excluding hydrogens is 478 g/mol. The average Bonchev–Trinajstić information content (AvgIpc) is 3.63. The number of ether oxygens (including phenoxy) is 2. The molecule has 2 heterocycles. The van der Waals surface area contributed by atoms with Gasteiger partial charge in [-0.2, -0.15) is 5.26 Å². The van der Waals surface area contributed by atoms with Crippen molar-refractivity contribution in [3.8, 4) is 29.1 Å². The van der Waals surface area contributed by atoms with Crippen LogP contribution in [0, 0.1) is 24.2 Å². The van der Waals surface area contributed by atoms with Gasteiger partial charge in [0, 0.05) is 35.9 Å². The summed E-state index contributed by atoms with van der Waals surface area (Å²) in [6, 6.07) is 16.8. The molecule has 0 bridgehead atoms. The number of nitrogens with zero attached hydrogens (tertiary/aromatic N) is 4. The van der Waals surface area contributed by atoms with E-state index in [2.05, 4.69) is 20.9 Å². The highest BCUT2D eigenvalue weighted by Crippen LogP contribution is 2.43. The molecule has 0 saturated heterocycles. The third-order valence-electron chi connectivity index (χ3n) is 7.90. The molecule has 0 spiro atoms. The Hall–Kier alpha value is -4.25. The van der Waals surface area contributed by atoms with E-state index < -0.39 is 6.09 Å². The van der Waals surface area contributed by atoms with Gasteiger partial charge < -0.3 is 18.6 Å². The summed E-state index contributed by atoms with van der Waals surface area (Å²) in [4.78, 5) is 16.7. The molecule has 2 aliphatic rings. The maximum Gasteiger partial charge on any atom is 0.411 e. The van der Waals surface area contributed by atoms with E-state index in [0.29, 0.717) is 35.0 Å². The van der Waals surface area contributed by atoms with E-state index in [1.165, 1.54) is 6.42 Å². The zero-order chi connectivity index (χ0) is 26.4. The van der Waals surface area contributed by atoms with Gasteiger partial charge in [-0.25, -0.2) is 9.78 Å². The zero-order valence-electron chi connectivity index (χ0n) is 21.9. The lowest BCUT2D eigenvalue weighted by atomic mass is 9.92. The molecule has 1 N–H and O–H groups in total. The van der Waals surface area contributed by atoms with Crippen LogP contribution in [0.25, 0.3) is 22.2 Å². The number of aromatic nitrogens is 3. The number of nitrogens with one attached hydrogen (secondary N) is 1. The van der Waals surface area contributed by atoms with Crippen LogP contribution in [0.1, 0.15) is 56.3 Å². The Morgan fingerprint density at radius 2 is 1.92 bits per heavy atom. The van der Waals surface area contributed by atoms with E-state index >= 15 is 0 Å². The van der Waals surface area contributed by atoms with E-state index in [1.54, 1.807) is 6.20 Å². The van der Waals surface area contributed by atoms with Crippen molar-refractivity contribution >= 4 is 22.7 Å². The molecule has 2 fully saturated rings. The maximum atomic E-state index is 12.3. The first-order valence-corrected chi connectivity index (χ1v) is 13.2. The van der Waals surface area contributed by atoms with Gasteiger partial charge in [-0.1, -0.05) is 12.1 Å². The number of rotatable bonds is 7. The lowest BCUT2D eigenvalue weighted by Gasteiger charge is -2.30. The molecule has 194 valence electrons. The van der Waals surface area contributed by atoms with Crippen molar-refractivity contribution in [2.75, 3.05) is 5.32 Å². The molecule has 1 unspecified atom stereocenters. The highest BCUT2D eigenvalue weighted by molar-refractivity contribution is 5.96. The molecule has 38 heavy (non-hydrogen) atoms. The van der Waals surface area contributed by atoms with Gasteiger partial charge >= 0.3 is 12.1 Å². The van der Waals surface area contributed by atoms with Gasteiger partial charge in [0.2, 0.25) is 0 Å². The van der Waals surface area contributed by atoms with Crippen LogP contribution in [0.5, 0.6) is 11.8 Å². The van der Waals surface area contributed by atoms with E-state index in [9.17, 15) is 10.1 Å². The van der Waals surface area contributed by atoms with Crippen molar-refractivity contribution in [3.05, 3.63) is 59.9 Å². The first kappa shape index (κ1) is 24.1.